The molecule has 0 amide bonds. The predicted octanol–water partition coefficient (Wildman–Crippen LogP) is 7.34. The van der Waals surface area contributed by atoms with Gasteiger partial charge in [0.25, 0.3) is 0 Å². The fourth-order valence-electron chi connectivity index (χ4n) is 4.60. The number of anilines is 1. The van der Waals surface area contributed by atoms with Gasteiger partial charge in [0.15, 0.2) is 5.76 Å². The van der Waals surface area contributed by atoms with Crippen LogP contribution in [0.4, 0.5) is 5.69 Å². The van der Waals surface area contributed by atoms with E-state index < -0.39 is 0 Å². The first kappa shape index (κ1) is 20.4. The van der Waals surface area contributed by atoms with Crippen LogP contribution in [0, 0.1) is 0 Å². The first-order chi connectivity index (χ1) is 16.5. The molecular weight excluding hydrogens is 418 g/mol. The fraction of sp³-hybridized carbons (Fsp3) is 0.133. The number of para-hydroxylation sites is 2. The van der Waals surface area contributed by atoms with Gasteiger partial charge in [-0.3, -0.25) is 5.43 Å². The molecule has 0 saturated heterocycles. The van der Waals surface area contributed by atoms with E-state index in [0.717, 1.165) is 22.7 Å². The van der Waals surface area contributed by atoms with Gasteiger partial charge in [0.2, 0.25) is 0 Å². The van der Waals surface area contributed by atoms with Gasteiger partial charge < -0.3 is 9.40 Å². The molecule has 0 radical (unpaired) electrons. The Labute approximate surface area is 199 Å². The Morgan fingerprint density at radius 2 is 1.21 bits per heavy atom. The number of benzene rings is 4. The van der Waals surface area contributed by atoms with Gasteiger partial charge in [0.1, 0.15) is 0 Å². The van der Waals surface area contributed by atoms with Crippen molar-refractivity contribution in [1.82, 2.24) is 9.99 Å². The maximum Gasteiger partial charge on any atom is 0.182 e. The number of aromatic nitrogens is 1. The van der Waals surface area contributed by atoms with Gasteiger partial charge in [-0.15, -0.1) is 5.17 Å². The van der Waals surface area contributed by atoms with Crippen molar-refractivity contribution in [3.05, 3.63) is 114 Å². The monoisotopic (exact) mass is 445 g/mol. The largest absolute Gasteiger partial charge is 0.357 e. The van der Waals surface area contributed by atoms with Crippen LogP contribution in [-0.2, 0) is 10.3 Å². The number of nitrogens with zero attached hydrogens (tertiary/aromatic N) is 2. The molecule has 1 aliphatic rings. The Hall–Kier alpha value is -4.18. The van der Waals surface area contributed by atoms with Crippen molar-refractivity contribution in [2.24, 2.45) is 0 Å². The first-order valence-corrected chi connectivity index (χ1v) is 11.6. The van der Waals surface area contributed by atoms with Crippen LogP contribution in [-0.4, -0.2) is 4.57 Å². The molecule has 0 unspecified atom stereocenters. The summed E-state index contributed by atoms with van der Waals surface area (Å²) in [5, 5.41) is 4.22. The van der Waals surface area contributed by atoms with Crippen LogP contribution >= 0.6 is 0 Å². The van der Waals surface area contributed by atoms with Crippen molar-refractivity contribution in [1.29, 1.82) is 0 Å². The highest BCUT2D eigenvalue weighted by atomic mass is 16.7. The van der Waals surface area contributed by atoms with Crippen LogP contribution in [0.15, 0.2) is 103 Å². The molecule has 0 saturated carbocycles. The SMILES string of the molecule is CC(C)(C)c1ccc(C2=CNN(c3ccc(-n4c5ccccc5c5ccccc54)cc3)O2)cc1. The second-order valence-electron chi connectivity index (χ2n) is 9.74. The molecule has 2 heterocycles. The zero-order chi connectivity index (χ0) is 23.3. The normalized spacial score (nSPS) is 13.7. The second kappa shape index (κ2) is 7.70. The smallest absolute Gasteiger partial charge is 0.182 e. The lowest BCUT2D eigenvalue weighted by molar-refractivity contribution is 0.243. The molecule has 5 aromatic rings. The molecule has 0 aliphatic carbocycles. The quantitative estimate of drug-likeness (QED) is 0.315. The van der Waals surface area contributed by atoms with Crippen LogP contribution in [0.3, 0.4) is 0 Å². The summed E-state index contributed by atoms with van der Waals surface area (Å²) in [6.45, 7) is 6.67. The lowest BCUT2D eigenvalue weighted by atomic mass is 9.86. The summed E-state index contributed by atoms with van der Waals surface area (Å²) in [5.74, 6) is 0.798. The highest BCUT2D eigenvalue weighted by molar-refractivity contribution is 6.09. The summed E-state index contributed by atoms with van der Waals surface area (Å²) in [4.78, 5) is 6.11. The van der Waals surface area contributed by atoms with Gasteiger partial charge in [-0.05, 0) is 47.4 Å². The number of hydrogen-bond donors (Lipinski definition) is 1. The Morgan fingerprint density at radius 1 is 0.647 bits per heavy atom. The lowest BCUT2D eigenvalue weighted by Crippen LogP contribution is -2.28. The summed E-state index contributed by atoms with van der Waals surface area (Å²) in [6.07, 6.45) is 1.90. The van der Waals surface area contributed by atoms with Gasteiger partial charge in [0, 0.05) is 22.0 Å². The average Bonchev–Trinajstić information content (AvgIpc) is 3.47. The minimum Gasteiger partial charge on any atom is -0.357 e. The molecule has 0 spiro atoms. The number of hydrogen-bond acceptors (Lipinski definition) is 3. The summed E-state index contributed by atoms with van der Waals surface area (Å²) in [7, 11) is 0. The Bertz CT molecular complexity index is 1470. The van der Waals surface area contributed by atoms with Crippen LogP contribution in [0.2, 0.25) is 0 Å². The maximum atomic E-state index is 6.11. The zero-order valence-corrected chi connectivity index (χ0v) is 19.6. The summed E-state index contributed by atoms with van der Waals surface area (Å²) < 4.78 is 2.31. The van der Waals surface area contributed by atoms with Crippen LogP contribution in [0.25, 0.3) is 33.3 Å². The van der Waals surface area contributed by atoms with Crippen molar-refractivity contribution in [2.75, 3.05) is 5.17 Å². The minimum absolute atomic E-state index is 0.131. The predicted molar refractivity (Wildman–Crippen MR) is 141 cm³/mol. The molecule has 4 nitrogen and oxygen atoms in total. The second-order valence-corrected chi connectivity index (χ2v) is 9.74. The van der Waals surface area contributed by atoms with Crippen molar-refractivity contribution in [3.63, 3.8) is 0 Å². The highest BCUT2D eigenvalue weighted by Gasteiger charge is 2.20. The third-order valence-electron chi connectivity index (χ3n) is 6.46. The van der Waals surface area contributed by atoms with E-state index in [4.69, 9.17) is 4.84 Å². The van der Waals surface area contributed by atoms with E-state index in [1.165, 1.54) is 27.4 Å². The molecule has 0 bridgehead atoms. The molecule has 168 valence electrons. The first-order valence-electron chi connectivity index (χ1n) is 11.6. The summed E-state index contributed by atoms with van der Waals surface area (Å²) in [6, 6.07) is 34.1. The van der Waals surface area contributed by atoms with Gasteiger partial charge in [0.05, 0.1) is 22.9 Å². The lowest BCUT2D eigenvalue weighted by Gasteiger charge is -2.20. The van der Waals surface area contributed by atoms with Crippen molar-refractivity contribution in [2.45, 2.75) is 26.2 Å². The molecule has 34 heavy (non-hydrogen) atoms. The third kappa shape index (κ3) is 3.39. The number of rotatable bonds is 3. The Balaban J connectivity index is 1.26. The highest BCUT2D eigenvalue weighted by Crippen LogP contribution is 2.33. The molecule has 0 fully saturated rings. The van der Waals surface area contributed by atoms with Crippen LogP contribution < -0.4 is 10.6 Å². The van der Waals surface area contributed by atoms with Gasteiger partial charge in [-0.1, -0.05) is 81.4 Å². The Kier molecular flexibility index (Phi) is 4.63. The summed E-state index contributed by atoms with van der Waals surface area (Å²) >= 11 is 0. The van der Waals surface area contributed by atoms with Crippen molar-refractivity contribution < 1.29 is 4.84 Å². The molecule has 1 N–H and O–H groups in total. The molecule has 4 aromatic carbocycles. The molecule has 4 heteroatoms. The van der Waals surface area contributed by atoms with E-state index in [2.05, 4.69) is 128 Å². The van der Waals surface area contributed by atoms with E-state index in [0.29, 0.717) is 0 Å². The number of nitrogens with one attached hydrogen (secondary N) is 1. The minimum atomic E-state index is 0.131. The molecule has 0 atom stereocenters. The number of hydrazine groups is 1. The fourth-order valence-corrected chi connectivity index (χ4v) is 4.60. The van der Waals surface area contributed by atoms with Crippen molar-refractivity contribution >= 4 is 33.3 Å². The van der Waals surface area contributed by atoms with Crippen molar-refractivity contribution in [3.8, 4) is 5.69 Å². The molecule has 1 aliphatic heterocycles. The molecule has 1 aromatic heterocycles. The van der Waals surface area contributed by atoms with Gasteiger partial charge >= 0.3 is 0 Å². The van der Waals surface area contributed by atoms with E-state index in [1.807, 2.05) is 6.20 Å². The molecular formula is C30H27N3O. The van der Waals surface area contributed by atoms with E-state index >= 15 is 0 Å². The van der Waals surface area contributed by atoms with E-state index in [9.17, 15) is 0 Å². The zero-order valence-electron chi connectivity index (χ0n) is 19.6. The Morgan fingerprint density at radius 3 is 1.79 bits per heavy atom. The summed E-state index contributed by atoms with van der Waals surface area (Å²) in [5.41, 5.74) is 10.2. The topological polar surface area (TPSA) is 29.4 Å². The third-order valence-corrected chi connectivity index (χ3v) is 6.46. The van der Waals surface area contributed by atoms with E-state index in [-0.39, 0.29) is 5.41 Å². The van der Waals surface area contributed by atoms with Crippen LogP contribution in [0.5, 0.6) is 0 Å². The van der Waals surface area contributed by atoms with Crippen LogP contribution in [0.1, 0.15) is 31.9 Å². The maximum absolute atomic E-state index is 6.11. The van der Waals surface area contributed by atoms with E-state index in [1.54, 1.807) is 5.17 Å². The van der Waals surface area contributed by atoms with Gasteiger partial charge in [-0.25, -0.2) is 0 Å². The standard InChI is InChI=1S/C30H27N3O/c1-30(2,3)22-14-12-21(13-15-22)29-20-31-33(34-29)24-18-16-23(17-19-24)32-27-10-6-4-8-25(27)26-9-5-7-11-28(26)32/h4-20,31H,1-3H3. The molecule has 6 rings (SSSR count). The average molecular weight is 446 g/mol. The van der Waals surface area contributed by atoms with Gasteiger partial charge in [-0.2, -0.15) is 0 Å². The number of fused-ring (bicyclic) bond motifs is 3.